The van der Waals surface area contributed by atoms with E-state index in [0.717, 1.165) is 32.8 Å². The summed E-state index contributed by atoms with van der Waals surface area (Å²) in [6.45, 7) is 1.51. The van der Waals surface area contributed by atoms with E-state index in [9.17, 15) is 9.90 Å². The van der Waals surface area contributed by atoms with E-state index in [1.54, 1.807) is 0 Å². The van der Waals surface area contributed by atoms with Crippen LogP contribution in [0, 0.1) is 0 Å². The van der Waals surface area contributed by atoms with Crippen LogP contribution in [0.15, 0.2) is 88.7 Å². The van der Waals surface area contributed by atoms with Gasteiger partial charge in [-0.25, -0.2) is 4.79 Å². The Bertz CT molecular complexity index is 1090. The van der Waals surface area contributed by atoms with Crippen molar-refractivity contribution in [3.05, 3.63) is 95.7 Å². The van der Waals surface area contributed by atoms with Crippen molar-refractivity contribution in [1.82, 2.24) is 10.3 Å². The molecule has 0 saturated heterocycles. The molecule has 1 aromatic heterocycles. The highest BCUT2D eigenvalue weighted by Crippen LogP contribution is 2.37. The first-order chi connectivity index (χ1) is 13.7. The predicted octanol–water partition coefficient (Wildman–Crippen LogP) is 5.31. The Morgan fingerprint density at radius 2 is 1.57 bits per heavy atom. The van der Waals surface area contributed by atoms with Gasteiger partial charge in [-0.2, -0.15) is 0 Å². The molecule has 0 spiro atoms. The molecule has 0 atom stereocenters. The molecule has 4 aromatic rings. The highest BCUT2D eigenvalue weighted by molar-refractivity contribution is 7.99. The molecule has 3 N–H and O–H groups in total. The highest BCUT2D eigenvalue weighted by atomic mass is 32.2. The number of hydrogen-bond acceptors (Lipinski definition) is 3. The first-order valence-electron chi connectivity index (χ1n) is 9.06. The van der Waals surface area contributed by atoms with Gasteiger partial charge in [0.1, 0.15) is 5.69 Å². The first kappa shape index (κ1) is 18.3. The van der Waals surface area contributed by atoms with Gasteiger partial charge in [0, 0.05) is 28.9 Å². The minimum Gasteiger partial charge on any atom is -0.477 e. The fourth-order valence-electron chi connectivity index (χ4n) is 3.13. The van der Waals surface area contributed by atoms with Gasteiger partial charge in [0.15, 0.2) is 0 Å². The fourth-order valence-corrected chi connectivity index (χ4v) is 4.18. The Labute approximate surface area is 167 Å². The minimum atomic E-state index is -0.946. The number of fused-ring (bicyclic) bond motifs is 1. The third kappa shape index (κ3) is 4.11. The summed E-state index contributed by atoms with van der Waals surface area (Å²) in [7, 11) is 0. The monoisotopic (exact) mass is 388 g/mol. The largest absolute Gasteiger partial charge is 0.477 e. The summed E-state index contributed by atoms with van der Waals surface area (Å²) in [5.41, 5.74) is 3.42. The Morgan fingerprint density at radius 3 is 2.29 bits per heavy atom. The molecular formula is C23H20N2O2S. The molecule has 0 bridgehead atoms. The number of carboxylic acids is 1. The van der Waals surface area contributed by atoms with Gasteiger partial charge in [-0.1, -0.05) is 66.4 Å². The lowest BCUT2D eigenvalue weighted by atomic mass is 10.1. The van der Waals surface area contributed by atoms with E-state index in [4.69, 9.17) is 0 Å². The van der Waals surface area contributed by atoms with Crippen molar-refractivity contribution in [3.8, 4) is 0 Å². The second-order valence-electron chi connectivity index (χ2n) is 6.52. The molecule has 0 fully saturated rings. The molecule has 0 aliphatic heterocycles. The van der Waals surface area contributed by atoms with E-state index in [0.29, 0.717) is 6.54 Å². The molecule has 1 heterocycles. The van der Waals surface area contributed by atoms with Crippen molar-refractivity contribution in [2.24, 2.45) is 0 Å². The molecule has 0 saturated carbocycles. The Balaban J connectivity index is 1.60. The van der Waals surface area contributed by atoms with Crippen LogP contribution in [0.1, 0.15) is 21.6 Å². The maximum atomic E-state index is 11.7. The van der Waals surface area contributed by atoms with E-state index < -0.39 is 5.97 Å². The van der Waals surface area contributed by atoms with Gasteiger partial charge in [0.2, 0.25) is 0 Å². The van der Waals surface area contributed by atoms with Gasteiger partial charge in [-0.05, 0) is 35.4 Å². The van der Waals surface area contributed by atoms with Crippen LogP contribution in [0.3, 0.4) is 0 Å². The molecule has 0 amide bonds. The molecule has 0 radical (unpaired) electrons. The number of hydrogen-bond donors (Lipinski definition) is 3. The first-order valence-corrected chi connectivity index (χ1v) is 9.88. The summed E-state index contributed by atoms with van der Waals surface area (Å²) in [5, 5.41) is 14.0. The van der Waals surface area contributed by atoms with E-state index in [2.05, 4.69) is 28.5 Å². The molecule has 4 nitrogen and oxygen atoms in total. The van der Waals surface area contributed by atoms with E-state index in [1.807, 2.05) is 60.7 Å². The number of aromatic amines is 1. The SMILES string of the molecule is O=C(O)c1[nH]c2ccc(CNCc3ccccc3)cc2c1Sc1ccccc1. The predicted molar refractivity (Wildman–Crippen MR) is 113 cm³/mol. The topological polar surface area (TPSA) is 65.1 Å². The molecule has 0 unspecified atom stereocenters. The third-order valence-electron chi connectivity index (χ3n) is 4.49. The van der Waals surface area contributed by atoms with Crippen molar-refractivity contribution in [3.63, 3.8) is 0 Å². The van der Waals surface area contributed by atoms with Crippen LogP contribution in [0.5, 0.6) is 0 Å². The number of aromatic carboxylic acids is 1. The lowest BCUT2D eigenvalue weighted by molar-refractivity contribution is 0.0688. The van der Waals surface area contributed by atoms with E-state index >= 15 is 0 Å². The van der Waals surface area contributed by atoms with Gasteiger partial charge < -0.3 is 15.4 Å². The summed E-state index contributed by atoms with van der Waals surface area (Å²) in [5.74, 6) is -0.946. The summed E-state index contributed by atoms with van der Waals surface area (Å²) in [6, 6.07) is 26.1. The van der Waals surface area contributed by atoms with Crippen molar-refractivity contribution in [2.45, 2.75) is 22.9 Å². The second kappa shape index (κ2) is 8.33. The maximum Gasteiger partial charge on any atom is 0.353 e. The summed E-state index contributed by atoms with van der Waals surface area (Å²) >= 11 is 1.48. The Kier molecular flexibility index (Phi) is 5.46. The number of rotatable bonds is 7. The normalized spacial score (nSPS) is 11.0. The third-order valence-corrected chi connectivity index (χ3v) is 5.63. The lowest BCUT2D eigenvalue weighted by Crippen LogP contribution is -2.12. The van der Waals surface area contributed by atoms with Gasteiger partial charge in [-0.3, -0.25) is 0 Å². The zero-order valence-electron chi connectivity index (χ0n) is 15.2. The van der Waals surface area contributed by atoms with Crippen molar-refractivity contribution in [2.75, 3.05) is 0 Å². The lowest BCUT2D eigenvalue weighted by Gasteiger charge is -2.06. The number of carbonyl (C=O) groups is 1. The molecule has 5 heteroatoms. The maximum absolute atomic E-state index is 11.7. The van der Waals surface area contributed by atoms with Crippen LogP contribution < -0.4 is 5.32 Å². The van der Waals surface area contributed by atoms with Crippen LogP contribution >= 0.6 is 11.8 Å². The van der Waals surface area contributed by atoms with Crippen LogP contribution in [0.2, 0.25) is 0 Å². The van der Waals surface area contributed by atoms with Crippen molar-refractivity contribution in [1.29, 1.82) is 0 Å². The average Bonchev–Trinajstić information content (AvgIpc) is 3.08. The fraction of sp³-hybridized carbons (Fsp3) is 0.0870. The molecule has 3 aromatic carbocycles. The number of benzene rings is 3. The quantitative estimate of drug-likeness (QED) is 0.402. The Morgan fingerprint density at radius 1 is 0.893 bits per heavy atom. The molecule has 4 rings (SSSR count). The number of H-pyrrole nitrogens is 1. The van der Waals surface area contributed by atoms with Gasteiger partial charge in [-0.15, -0.1) is 0 Å². The molecular weight excluding hydrogens is 368 g/mol. The zero-order valence-corrected chi connectivity index (χ0v) is 16.0. The molecule has 28 heavy (non-hydrogen) atoms. The van der Waals surface area contributed by atoms with Gasteiger partial charge in [0.25, 0.3) is 0 Å². The van der Waals surface area contributed by atoms with Crippen LogP contribution in [0.4, 0.5) is 0 Å². The smallest absolute Gasteiger partial charge is 0.353 e. The molecule has 0 aliphatic carbocycles. The van der Waals surface area contributed by atoms with Crippen LogP contribution in [-0.4, -0.2) is 16.1 Å². The minimum absolute atomic E-state index is 0.234. The molecule has 0 aliphatic rings. The number of carboxylic acid groups (broad SMARTS) is 1. The number of aromatic nitrogens is 1. The van der Waals surface area contributed by atoms with E-state index in [1.165, 1.54) is 17.3 Å². The van der Waals surface area contributed by atoms with Crippen molar-refractivity contribution < 1.29 is 9.90 Å². The van der Waals surface area contributed by atoms with Crippen LogP contribution in [0.25, 0.3) is 10.9 Å². The summed E-state index contributed by atoms with van der Waals surface area (Å²) < 4.78 is 0. The summed E-state index contributed by atoms with van der Waals surface area (Å²) in [4.78, 5) is 16.6. The number of nitrogens with one attached hydrogen (secondary N) is 2. The standard InChI is InChI=1S/C23H20N2O2S/c26-23(27)21-22(28-18-9-5-2-6-10-18)19-13-17(11-12-20(19)25-21)15-24-14-16-7-3-1-4-8-16/h1-13,24-25H,14-15H2,(H,26,27). The highest BCUT2D eigenvalue weighted by Gasteiger charge is 2.18. The van der Waals surface area contributed by atoms with Crippen LogP contribution in [-0.2, 0) is 13.1 Å². The average molecular weight is 388 g/mol. The van der Waals surface area contributed by atoms with E-state index in [-0.39, 0.29) is 5.69 Å². The second-order valence-corrected chi connectivity index (χ2v) is 7.60. The van der Waals surface area contributed by atoms with Gasteiger partial charge in [0.05, 0.1) is 4.90 Å². The van der Waals surface area contributed by atoms with Gasteiger partial charge >= 0.3 is 5.97 Å². The van der Waals surface area contributed by atoms with Crippen molar-refractivity contribution >= 4 is 28.6 Å². The Hall–Kier alpha value is -3.02. The summed E-state index contributed by atoms with van der Waals surface area (Å²) in [6.07, 6.45) is 0. The molecule has 140 valence electrons. The zero-order chi connectivity index (χ0) is 19.3.